The summed E-state index contributed by atoms with van der Waals surface area (Å²) in [6.45, 7) is 11.2. The van der Waals surface area contributed by atoms with Gasteiger partial charge in [0.15, 0.2) is 0 Å². The van der Waals surface area contributed by atoms with Gasteiger partial charge in [-0.1, -0.05) is 0 Å². The monoisotopic (exact) mass is 342 g/mol. The van der Waals surface area contributed by atoms with E-state index in [2.05, 4.69) is 57.7 Å². The molecule has 1 rings (SSSR count). The zero-order chi connectivity index (χ0) is 14.7. The number of carbonyl (C=O) groups excluding carboxylic acids is 2. The van der Waals surface area contributed by atoms with E-state index in [9.17, 15) is 0 Å². The summed E-state index contributed by atoms with van der Waals surface area (Å²) >= 11 is 3.07. The Balaban J connectivity index is 0.000000360. The summed E-state index contributed by atoms with van der Waals surface area (Å²) in [6, 6.07) is 0. The molecule has 18 heavy (non-hydrogen) atoms. The van der Waals surface area contributed by atoms with E-state index in [1.54, 1.807) is 0 Å². The first-order chi connectivity index (χ1) is 8.01. The van der Waals surface area contributed by atoms with Gasteiger partial charge in [-0.15, -0.1) is 0 Å². The number of carboxylic acid groups (broad SMARTS) is 2. The van der Waals surface area contributed by atoms with E-state index >= 15 is 0 Å². The molecular formula is C12H15O5Rh. The van der Waals surface area contributed by atoms with E-state index < -0.39 is 12.3 Å². The van der Waals surface area contributed by atoms with Gasteiger partial charge >= 0.3 is 79.2 Å². The second kappa shape index (κ2) is 6.14. The van der Waals surface area contributed by atoms with Gasteiger partial charge in [-0.3, -0.25) is 0 Å². The molecule has 0 bridgehead atoms. The first-order valence-electron chi connectivity index (χ1n) is 5.14. The van der Waals surface area contributed by atoms with Crippen molar-refractivity contribution in [3.63, 3.8) is 0 Å². The number of allylic oxidation sites excluding steroid dienone is 4. The molecule has 0 aromatic rings. The predicted octanol–water partition coefficient (Wildman–Crippen LogP) is 0.873. The number of hydrogen-bond donors (Lipinski definition) is 0. The van der Waals surface area contributed by atoms with E-state index in [0.717, 1.165) is 0 Å². The van der Waals surface area contributed by atoms with Crippen LogP contribution in [0, 0.1) is 5.41 Å². The molecule has 0 heterocycles. The third-order valence-electron chi connectivity index (χ3n) is 3.06. The van der Waals surface area contributed by atoms with Crippen LogP contribution in [-0.2, 0) is 23.0 Å². The third-order valence-corrected chi connectivity index (χ3v) is 4.70. The SMILES string of the molecule is CC1=C(C)C(C)(C)[C]([Rh+2])=C1C.O=C([O-])OC(=O)[O-]. The molecule has 0 amide bonds. The summed E-state index contributed by atoms with van der Waals surface area (Å²) < 4.78 is 4.29. The molecule has 0 fully saturated rings. The number of hydrogen-bond acceptors (Lipinski definition) is 5. The van der Waals surface area contributed by atoms with Gasteiger partial charge in [-0.2, -0.15) is 0 Å². The van der Waals surface area contributed by atoms with E-state index in [0.29, 0.717) is 0 Å². The Morgan fingerprint density at radius 1 is 1.06 bits per heavy atom. The Morgan fingerprint density at radius 2 is 1.44 bits per heavy atom. The van der Waals surface area contributed by atoms with Gasteiger partial charge in [0.1, 0.15) is 0 Å². The normalized spacial score (nSPS) is 17.2. The predicted molar refractivity (Wildman–Crippen MR) is 56.7 cm³/mol. The number of ether oxygens (including phenoxy) is 1. The van der Waals surface area contributed by atoms with Crippen molar-refractivity contribution < 1.29 is 42.8 Å². The van der Waals surface area contributed by atoms with Crippen molar-refractivity contribution in [2.75, 3.05) is 0 Å². The molecule has 0 unspecified atom stereocenters. The number of rotatable bonds is 0. The van der Waals surface area contributed by atoms with Crippen molar-refractivity contribution in [3.8, 4) is 0 Å². The van der Waals surface area contributed by atoms with Crippen LogP contribution in [0.3, 0.4) is 0 Å². The zero-order valence-corrected chi connectivity index (χ0v) is 12.5. The quantitative estimate of drug-likeness (QED) is 0.370. The zero-order valence-electron chi connectivity index (χ0n) is 10.9. The summed E-state index contributed by atoms with van der Waals surface area (Å²) in [5.74, 6) is 0. The average molecular weight is 342 g/mol. The minimum atomic E-state index is -2.12. The van der Waals surface area contributed by atoms with E-state index in [4.69, 9.17) is 19.8 Å². The van der Waals surface area contributed by atoms with Crippen LogP contribution in [0.25, 0.3) is 0 Å². The van der Waals surface area contributed by atoms with Gasteiger partial charge in [-0.25, -0.2) is 0 Å². The van der Waals surface area contributed by atoms with Crippen LogP contribution in [0.4, 0.5) is 9.59 Å². The van der Waals surface area contributed by atoms with Crippen LogP contribution in [0.2, 0.25) is 0 Å². The van der Waals surface area contributed by atoms with Gasteiger partial charge in [0, 0.05) is 0 Å². The maximum Gasteiger partial charge on any atom is 0.259 e. The van der Waals surface area contributed by atoms with Crippen LogP contribution in [0.1, 0.15) is 34.6 Å². The summed E-state index contributed by atoms with van der Waals surface area (Å²) in [6.07, 6.45) is -4.25. The van der Waals surface area contributed by atoms with Gasteiger partial charge in [0.05, 0.1) is 0 Å². The van der Waals surface area contributed by atoms with Crippen LogP contribution >= 0.6 is 0 Å². The molecule has 1 aliphatic carbocycles. The number of carbonyl (C=O) groups is 2. The minimum absolute atomic E-state index is 0.265. The fraction of sp³-hybridized carbons (Fsp3) is 0.500. The Morgan fingerprint density at radius 3 is 1.50 bits per heavy atom. The standard InChI is InChI=1S/C10H15.C2H2O5.Rh/c1-7-6-10(4,5)9(3)8(7)2;3-1(4)7-2(5)6;/h1-5H3;(H,3,4)(H,5,6);/q;;+2/p-2. The van der Waals surface area contributed by atoms with Crippen LogP contribution < -0.4 is 10.2 Å². The Hall–Kier alpha value is -1.16. The van der Waals surface area contributed by atoms with Crippen molar-refractivity contribution in [2.45, 2.75) is 34.6 Å². The van der Waals surface area contributed by atoms with Crippen LogP contribution in [0.5, 0.6) is 0 Å². The van der Waals surface area contributed by atoms with Crippen LogP contribution in [0.15, 0.2) is 20.9 Å². The van der Waals surface area contributed by atoms with E-state index in [1.165, 1.54) is 20.9 Å². The van der Waals surface area contributed by atoms with Gasteiger partial charge in [-0.05, 0) is 0 Å². The maximum absolute atomic E-state index is 9.06. The largest absolute Gasteiger partial charge is 0.483 e. The second-order valence-corrected chi connectivity index (χ2v) is 5.21. The van der Waals surface area contributed by atoms with Gasteiger partial charge in [0.2, 0.25) is 0 Å². The molecule has 0 N–H and O–H groups in total. The molecule has 0 aromatic carbocycles. The topological polar surface area (TPSA) is 89.5 Å². The third kappa shape index (κ3) is 3.95. The van der Waals surface area contributed by atoms with E-state index in [1.807, 2.05) is 0 Å². The summed E-state index contributed by atoms with van der Waals surface area (Å²) in [7, 11) is 0. The maximum atomic E-state index is 9.06. The molecule has 0 aliphatic heterocycles. The second-order valence-electron chi connectivity index (χ2n) is 4.39. The summed E-state index contributed by atoms with van der Waals surface area (Å²) in [4.78, 5) is 18.1. The van der Waals surface area contributed by atoms with Crippen molar-refractivity contribution >= 4 is 12.3 Å². The molecule has 0 aromatic heterocycles. The van der Waals surface area contributed by atoms with Crippen molar-refractivity contribution in [3.05, 3.63) is 20.9 Å². The molecule has 5 nitrogen and oxygen atoms in total. The molecule has 6 heteroatoms. The molecule has 0 saturated carbocycles. The molecule has 1 aliphatic rings. The molecule has 0 radical (unpaired) electrons. The summed E-state index contributed by atoms with van der Waals surface area (Å²) in [5.41, 5.74) is 4.68. The van der Waals surface area contributed by atoms with Crippen molar-refractivity contribution in [2.24, 2.45) is 5.41 Å². The van der Waals surface area contributed by atoms with Gasteiger partial charge in [0.25, 0.3) is 12.3 Å². The van der Waals surface area contributed by atoms with E-state index in [-0.39, 0.29) is 5.41 Å². The summed E-state index contributed by atoms with van der Waals surface area (Å²) in [5, 5.41) is 18.1. The first-order valence-corrected chi connectivity index (χ1v) is 5.96. The molecule has 0 spiro atoms. The Labute approximate surface area is 116 Å². The van der Waals surface area contributed by atoms with Gasteiger partial charge < -0.3 is 24.5 Å². The van der Waals surface area contributed by atoms with Crippen LogP contribution in [-0.4, -0.2) is 12.3 Å². The molecule has 0 atom stereocenters. The Kier molecular flexibility index (Phi) is 5.75. The average Bonchev–Trinajstić information content (AvgIpc) is 2.33. The molecular weight excluding hydrogens is 327 g/mol. The minimum Gasteiger partial charge on any atom is -0.483 e. The first kappa shape index (κ1) is 16.8. The smallest absolute Gasteiger partial charge is 0.259 e. The fourth-order valence-electron chi connectivity index (χ4n) is 1.60. The van der Waals surface area contributed by atoms with Crippen molar-refractivity contribution in [1.82, 2.24) is 0 Å². The molecule has 0 saturated heterocycles. The Bertz CT molecular complexity index is 394. The van der Waals surface area contributed by atoms with Crippen molar-refractivity contribution in [1.29, 1.82) is 0 Å². The fourth-order valence-corrected chi connectivity index (χ4v) is 2.21. The molecule has 102 valence electrons.